The number of esters is 1. The zero-order chi connectivity index (χ0) is 26.8. The first-order valence-corrected chi connectivity index (χ1v) is 12.2. The fraction of sp³-hybridized carbons (Fsp3) is 0.207. The first-order valence-electron chi connectivity index (χ1n) is 12.2. The quantitative estimate of drug-likeness (QED) is 0.239. The molecule has 3 aromatic carbocycles. The largest absolute Gasteiger partial charge is 0.507 e. The second-order valence-electron chi connectivity index (χ2n) is 9.28. The van der Waals surface area contributed by atoms with Gasteiger partial charge in [0.25, 0.3) is 0 Å². The van der Waals surface area contributed by atoms with Gasteiger partial charge in [-0.3, -0.25) is 10.1 Å². The van der Waals surface area contributed by atoms with Crippen molar-refractivity contribution in [2.24, 2.45) is 0 Å². The summed E-state index contributed by atoms with van der Waals surface area (Å²) < 4.78 is 4.80. The second-order valence-corrected chi connectivity index (χ2v) is 9.28. The van der Waals surface area contributed by atoms with E-state index in [1.54, 1.807) is 6.07 Å². The minimum atomic E-state index is -1.12. The van der Waals surface area contributed by atoms with Crippen LogP contribution in [0.4, 0.5) is 0 Å². The summed E-state index contributed by atoms with van der Waals surface area (Å²) in [7, 11) is 1.23. The molecule has 1 aliphatic rings. The van der Waals surface area contributed by atoms with Gasteiger partial charge in [-0.2, -0.15) is 0 Å². The molecule has 4 aromatic rings. The number of ether oxygens (including phenoxy) is 1. The van der Waals surface area contributed by atoms with Gasteiger partial charge in [-0.05, 0) is 41.3 Å². The van der Waals surface area contributed by atoms with E-state index < -0.39 is 36.0 Å². The Labute approximate surface area is 218 Å². The normalized spacial score (nSPS) is 17.4. The minimum Gasteiger partial charge on any atom is -0.507 e. The lowest BCUT2D eigenvalue weighted by molar-refractivity contribution is -0.142. The van der Waals surface area contributed by atoms with Crippen LogP contribution in [0.15, 0.2) is 72.8 Å². The van der Waals surface area contributed by atoms with Gasteiger partial charge < -0.3 is 25.3 Å². The molecule has 0 saturated heterocycles. The highest BCUT2D eigenvalue weighted by Crippen LogP contribution is 2.36. The summed E-state index contributed by atoms with van der Waals surface area (Å²) >= 11 is 0. The third-order valence-corrected chi connectivity index (χ3v) is 6.88. The summed E-state index contributed by atoms with van der Waals surface area (Å²) in [5, 5.41) is 27.0. The smallest absolute Gasteiger partial charge is 0.341 e. The molecule has 5 N–H and O–H groups in total. The molecular formula is C29H27N3O6. The number of aromatic amines is 1. The lowest BCUT2D eigenvalue weighted by atomic mass is 9.89. The SMILES string of the molecule is COC(=O)c1cc([C@H]2N[C@H](C(=O)N[C@@H](Cc3ccccc3)C(=O)O)Cc3c2[nH]c2ccccc32)ccc1O. The number of hydrogen-bond acceptors (Lipinski definition) is 6. The second kappa shape index (κ2) is 10.4. The predicted molar refractivity (Wildman–Crippen MR) is 140 cm³/mol. The Morgan fingerprint density at radius 3 is 2.53 bits per heavy atom. The van der Waals surface area contributed by atoms with E-state index >= 15 is 0 Å². The number of aromatic nitrogens is 1. The number of hydrogen-bond donors (Lipinski definition) is 5. The average Bonchev–Trinajstić information content (AvgIpc) is 3.31. The van der Waals surface area contributed by atoms with Crippen molar-refractivity contribution in [1.82, 2.24) is 15.6 Å². The summed E-state index contributed by atoms with van der Waals surface area (Å²) in [6.45, 7) is 0. The fourth-order valence-corrected chi connectivity index (χ4v) is 4.99. The van der Waals surface area contributed by atoms with E-state index in [1.165, 1.54) is 19.2 Å². The number of nitrogens with one attached hydrogen (secondary N) is 3. The highest BCUT2D eigenvalue weighted by Gasteiger charge is 2.36. The van der Waals surface area contributed by atoms with Gasteiger partial charge in [0.1, 0.15) is 17.4 Å². The maximum atomic E-state index is 13.5. The number of carbonyl (C=O) groups excluding carboxylic acids is 2. The molecule has 9 heteroatoms. The Kier molecular flexibility index (Phi) is 6.85. The number of rotatable bonds is 7. The number of methoxy groups -OCH3 is 1. The molecule has 5 rings (SSSR count). The van der Waals surface area contributed by atoms with Crippen LogP contribution in [0.1, 0.15) is 38.8 Å². The van der Waals surface area contributed by atoms with E-state index in [0.717, 1.165) is 27.7 Å². The van der Waals surface area contributed by atoms with Crippen molar-refractivity contribution < 1.29 is 29.3 Å². The highest BCUT2D eigenvalue weighted by atomic mass is 16.5. The van der Waals surface area contributed by atoms with E-state index in [1.807, 2.05) is 54.6 Å². The Morgan fingerprint density at radius 2 is 1.79 bits per heavy atom. The maximum Gasteiger partial charge on any atom is 0.341 e. The number of aromatic hydroxyl groups is 1. The molecule has 0 bridgehead atoms. The molecule has 38 heavy (non-hydrogen) atoms. The molecule has 1 aromatic heterocycles. The monoisotopic (exact) mass is 513 g/mol. The molecule has 1 aliphatic heterocycles. The van der Waals surface area contributed by atoms with Crippen molar-refractivity contribution in [1.29, 1.82) is 0 Å². The highest BCUT2D eigenvalue weighted by molar-refractivity contribution is 5.93. The van der Waals surface area contributed by atoms with Crippen LogP contribution in [0, 0.1) is 0 Å². The molecule has 9 nitrogen and oxygen atoms in total. The van der Waals surface area contributed by atoms with Gasteiger partial charge in [0, 0.05) is 23.0 Å². The Bertz CT molecular complexity index is 1510. The summed E-state index contributed by atoms with van der Waals surface area (Å²) in [6, 6.07) is 19.1. The van der Waals surface area contributed by atoms with E-state index in [9.17, 15) is 24.6 Å². The lowest BCUT2D eigenvalue weighted by Crippen LogP contribution is -2.54. The Hall–Kier alpha value is -4.63. The van der Waals surface area contributed by atoms with E-state index in [0.29, 0.717) is 12.0 Å². The average molecular weight is 514 g/mol. The van der Waals surface area contributed by atoms with Gasteiger partial charge in [-0.25, -0.2) is 9.59 Å². The zero-order valence-corrected chi connectivity index (χ0v) is 20.6. The summed E-state index contributed by atoms with van der Waals surface area (Å²) in [6.07, 6.45) is 0.484. The van der Waals surface area contributed by atoms with Gasteiger partial charge in [0.2, 0.25) is 5.91 Å². The first-order chi connectivity index (χ1) is 18.4. The van der Waals surface area contributed by atoms with Crippen molar-refractivity contribution >= 4 is 28.7 Å². The van der Waals surface area contributed by atoms with Crippen LogP contribution >= 0.6 is 0 Å². The summed E-state index contributed by atoms with van der Waals surface area (Å²) in [4.78, 5) is 41.1. The molecule has 2 heterocycles. The standard InChI is InChI=1S/C29H27N3O6/c1-38-29(37)20-14-17(11-12-24(20)33)25-26-19(18-9-5-6-10-21(18)30-26)15-22(31-25)27(34)32-23(28(35)36)13-16-7-3-2-4-8-16/h2-12,14,22-23,25,30-31,33H,13,15H2,1H3,(H,32,34)(H,35,36)/t22-,23-,25+/m0/s1. The first kappa shape index (κ1) is 25.0. The van der Waals surface area contributed by atoms with E-state index in [2.05, 4.69) is 15.6 Å². The van der Waals surface area contributed by atoms with E-state index in [4.69, 9.17) is 4.74 Å². The van der Waals surface area contributed by atoms with Crippen LogP contribution in [0.25, 0.3) is 10.9 Å². The van der Waals surface area contributed by atoms with Gasteiger partial charge in [-0.15, -0.1) is 0 Å². The predicted octanol–water partition coefficient (Wildman–Crippen LogP) is 3.08. The van der Waals surface area contributed by atoms with Gasteiger partial charge >= 0.3 is 11.9 Å². The number of carbonyl (C=O) groups is 3. The van der Waals surface area contributed by atoms with Gasteiger partial charge in [0.05, 0.1) is 19.2 Å². The molecule has 0 fully saturated rings. The molecule has 0 aliphatic carbocycles. The van der Waals surface area contributed by atoms with Crippen LogP contribution < -0.4 is 10.6 Å². The van der Waals surface area contributed by atoms with Crippen molar-refractivity contribution in [2.75, 3.05) is 7.11 Å². The molecule has 0 spiro atoms. The number of fused-ring (bicyclic) bond motifs is 3. The third kappa shape index (κ3) is 4.83. The summed E-state index contributed by atoms with van der Waals surface area (Å²) in [5.74, 6) is -2.46. The van der Waals surface area contributed by atoms with Crippen molar-refractivity contribution in [3.63, 3.8) is 0 Å². The number of phenols is 1. The maximum absolute atomic E-state index is 13.5. The van der Waals surface area contributed by atoms with E-state index in [-0.39, 0.29) is 17.7 Å². The number of H-pyrrole nitrogens is 1. The van der Waals surface area contributed by atoms with Gasteiger partial charge in [-0.1, -0.05) is 54.6 Å². The number of phenolic OH excluding ortho intramolecular Hbond substituents is 1. The molecule has 3 atom stereocenters. The number of amides is 1. The minimum absolute atomic E-state index is 0.00448. The number of carboxylic acids is 1. The number of benzene rings is 3. The molecule has 1 amide bonds. The topological polar surface area (TPSA) is 141 Å². The van der Waals surface area contributed by atoms with Crippen LogP contribution in [0.5, 0.6) is 5.75 Å². The Balaban J connectivity index is 1.49. The van der Waals surface area contributed by atoms with Crippen molar-refractivity contribution in [2.45, 2.75) is 31.0 Å². The Morgan fingerprint density at radius 1 is 1.05 bits per heavy atom. The van der Waals surface area contributed by atoms with Crippen LogP contribution in [0.2, 0.25) is 0 Å². The van der Waals surface area contributed by atoms with Crippen molar-refractivity contribution in [3.8, 4) is 5.75 Å². The van der Waals surface area contributed by atoms with Gasteiger partial charge in [0.15, 0.2) is 0 Å². The molecule has 194 valence electrons. The fourth-order valence-electron chi connectivity index (χ4n) is 4.99. The number of para-hydroxylation sites is 1. The number of aliphatic carboxylic acids is 1. The summed E-state index contributed by atoms with van der Waals surface area (Å²) in [5.41, 5.74) is 4.08. The lowest BCUT2D eigenvalue weighted by Gasteiger charge is -2.32. The van der Waals surface area contributed by atoms with Crippen LogP contribution in [-0.4, -0.2) is 52.2 Å². The molecule has 0 saturated carbocycles. The molecular weight excluding hydrogens is 486 g/mol. The van der Waals surface area contributed by atoms with Crippen molar-refractivity contribution in [3.05, 3.63) is 101 Å². The molecule has 0 unspecified atom stereocenters. The third-order valence-electron chi connectivity index (χ3n) is 6.88. The van der Waals surface area contributed by atoms with Crippen LogP contribution in [0.3, 0.4) is 0 Å². The molecule has 0 radical (unpaired) electrons. The zero-order valence-electron chi connectivity index (χ0n) is 20.6. The van der Waals surface area contributed by atoms with Crippen LogP contribution in [-0.2, 0) is 27.2 Å². The number of carboxylic acid groups (broad SMARTS) is 1.